The molecular weight excluding hydrogens is 252 g/mol. The molecule has 19 heavy (non-hydrogen) atoms. The van der Waals surface area contributed by atoms with Crippen LogP contribution in [0.4, 0.5) is 0 Å². The summed E-state index contributed by atoms with van der Waals surface area (Å²) in [6, 6.07) is 4.40. The Morgan fingerprint density at radius 1 is 1.37 bits per heavy atom. The average molecular weight is 280 g/mol. The number of nitrogens with two attached hydrogens (primary N) is 1. The molecule has 0 saturated heterocycles. The van der Waals surface area contributed by atoms with Gasteiger partial charge >= 0.3 is 0 Å². The van der Waals surface area contributed by atoms with E-state index >= 15 is 0 Å². The van der Waals surface area contributed by atoms with E-state index in [-0.39, 0.29) is 5.54 Å². The van der Waals surface area contributed by atoms with Crippen LogP contribution < -0.4 is 5.73 Å². The summed E-state index contributed by atoms with van der Waals surface area (Å²) in [5.41, 5.74) is 6.45. The molecule has 0 bridgehead atoms. The average Bonchev–Trinajstić information content (AvgIpc) is 2.98. The van der Waals surface area contributed by atoms with E-state index in [4.69, 9.17) is 5.73 Å². The van der Waals surface area contributed by atoms with E-state index in [1.165, 1.54) is 37.0 Å². The molecule has 2 rings (SSSR count). The lowest BCUT2D eigenvalue weighted by Gasteiger charge is -2.47. The highest BCUT2D eigenvalue weighted by Gasteiger charge is 2.38. The molecule has 1 aliphatic rings. The Balaban J connectivity index is 2.05. The second-order valence-corrected chi connectivity index (χ2v) is 6.91. The molecule has 1 heterocycles. The minimum Gasteiger partial charge on any atom is -0.329 e. The molecule has 1 saturated carbocycles. The summed E-state index contributed by atoms with van der Waals surface area (Å²) < 4.78 is 0. The Morgan fingerprint density at radius 3 is 2.58 bits per heavy atom. The number of rotatable bonds is 6. The van der Waals surface area contributed by atoms with E-state index in [0.717, 1.165) is 25.6 Å². The zero-order valence-electron chi connectivity index (χ0n) is 12.4. The Morgan fingerprint density at radius 2 is 2.11 bits per heavy atom. The summed E-state index contributed by atoms with van der Waals surface area (Å²) >= 11 is 1.86. The lowest BCUT2D eigenvalue weighted by atomic mass is 9.74. The van der Waals surface area contributed by atoms with Gasteiger partial charge in [0.1, 0.15) is 0 Å². The van der Waals surface area contributed by atoms with Crippen molar-refractivity contribution in [2.75, 3.05) is 13.1 Å². The number of likely N-dealkylation sites (N-methyl/N-ethyl adjacent to an activating group) is 1. The van der Waals surface area contributed by atoms with Gasteiger partial charge in [0.2, 0.25) is 0 Å². The van der Waals surface area contributed by atoms with E-state index in [1.807, 2.05) is 11.3 Å². The molecule has 0 amide bonds. The van der Waals surface area contributed by atoms with E-state index in [0.29, 0.717) is 0 Å². The maximum Gasteiger partial charge on any atom is 0.0335 e. The lowest BCUT2D eigenvalue weighted by molar-refractivity contribution is 0.0400. The van der Waals surface area contributed by atoms with Crippen molar-refractivity contribution in [1.29, 1.82) is 0 Å². The first-order chi connectivity index (χ1) is 9.24. The van der Waals surface area contributed by atoms with Gasteiger partial charge in [-0.25, -0.2) is 0 Å². The van der Waals surface area contributed by atoms with Gasteiger partial charge in [-0.15, -0.1) is 11.3 Å². The number of nitrogens with zero attached hydrogens (tertiary/aromatic N) is 1. The van der Waals surface area contributed by atoms with Gasteiger partial charge in [-0.1, -0.05) is 26.3 Å². The summed E-state index contributed by atoms with van der Waals surface area (Å²) in [4.78, 5) is 4.09. The normalized spacial score (nSPS) is 27.9. The van der Waals surface area contributed by atoms with Crippen LogP contribution in [0, 0.1) is 5.92 Å². The molecule has 0 spiro atoms. The van der Waals surface area contributed by atoms with Gasteiger partial charge < -0.3 is 5.73 Å². The highest BCUT2D eigenvalue weighted by atomic mass is 32.1. The van der Waals surface area contributed by atoms with Gasteiger partial charge in [-0.05, 0) is 49.6 Å². The van der Waals surface area contributed by atoms with Crippen molar-refractivity contribution < 1.29 is 0 Å². The number of hydrogen-bond acceptors (Lipinski definition) is 3. The zero-order chi connectivity index (χ0) is 13.7. The van der Waals surface area contributed by atoms with E-state index in [9.17, 15) is 0 Å². The van der Waals surface area contributed by atoms with E-state index < -0.39 is 0 Å². The first kappa shape index (κ1) is 15.0. The quantitative estimate of drug-likeness (QED) is 0.857. The van der Waals surface area contributed by atoms with Crippen molar-refractivity contribution in [2.45, 2.75) is 58.0 Å². The van der Waals surface area contributed by atoms with Crippen molar-refractivity contribution in [2.24, 2.45) is 11.7 Å². The molecule has 0 radical (unpaired) electrons. The monoisotopic (exact) mass is 280 g/mol. The van der Waals surface area contributed by atoms with Crippen LogP contribution >= 0.6 is 11.3 Å². The first-order valence-electron chi connectivity index (χ1n) is 7.71. The SMILES string of the molecule is CCC1CCC(CN)(N(CC)Cc2cccs2)CC1. The molecule has 0 unspecified atom stereocenters. The maximum absolute atomic E-state index is 6.19. The lowest BCUT2D eigenvalue weighted by Crippen LogP contribution is -2.55. The molecule has 1 fully saturated rings. The molecule has 2 nitrogen and oxygen atoms in total. The zero-order valence-corrected chi connectivity index (χ0v) is 13.2. The second kappa shape index (κ2) is 6.87. The highest BCUT2D eigenvalue weighted by Crippen LogP contribution is 2.38. The van der Waals surface area contributed by atoms with Gasteiger partial charge in [-0.3, -0.25) is 4.90 Å². The molecule has 0 aliphatic heterocycles. The number of hydrogen-bond donors (Lipinski definition) is 1. The summed E-state index contributed by atoms with van der Waals surface area (Å²) in [6.07, 6.45) is 6.60. The second-order valence-electron chi connectivity index (χ2n) is 5.87. The Kier molecular flexibility index (Phi) is 5.43. The van der Waals surface area contributed by atoms with E-state index in [2.05, 4.69) is 36.3 Å². The molecule has 2 N–H and O–H groups in total. The van der Waals surface area contributed by atoms with Gasteiger partial charge in [0.15, 0.2) is 0 Å². The standard InChI is InChI=1S/C16H28N2S/c1-3-14-7-9-16(13-17,10-8-14)18(4-2)12-15-6-5-11-19-15/h5-6,11,14H,3-4,7-10,12-13,17H2,1-2H3. The van der Waals surface area contributed by atoms with Crippen molar-refractivity contribution >= 4 is 11.3 Å². The summed E-state index contributed by atoms with van der Waals surface area (Å²) in [7, 11) is 0. The van der Waals surface area contributed by atoms with Crippen LogP contribution in [-0.2, 0) is 6.54 Å². The molecule has 0 aromatic carbocycles. The van der Waals surface area contributed by atoms with Gasteiger partial charge in [0.05, 0.1) is 0 Å². The highest BCUT2D eigenvalue weighted by molar-refractivity contribution is 7.09. The van der Waals surface area contributed by atoms with Crippen LogP contribution in [0.1, 0.15) is 50.8 Å². The van der Waals surface area contributed by atoms with Crippen LogP contribution in [0.5, 0.6) is 0 Å². The third-order valence-corrected chi connectivity index (χ3v) is 5.83. The van der Waals surface area contributed by atoms with Crippen LogP contribution in [0.25, 0.3) is 0 Å². The Hall–Kier alpha value is -0.380. The molecule has 1 aliphatic carbocycles. The fraction of sp³-hybridized carbons (Fsp3) is 0.750. The van der Waals surface area contributed by atoms with Gasteiger partial charge in [0, 0.05) is 23.5 Å². The predicted octanol–water partition coefficient (Wildman–Crippen LogP) is 3.87. The fourth-order valence-corrected chi connectivity index (χ4v) is 4.20. The van der Waals surface area contributed by atoms with Crippen LogP contribution in [0.2, 0.25) is 0 Å². The van der Waals surface area contributed by atoms with E-state index in [1.54, 1.807) is 0 Å². The smallest absolute Gasteiger partial charge is 0.0335 e. The first-order valence-corrected chi connectivity index (χ1v) is 8.59. The Labute approximate surface area is 122 Å². The Bertz CT molecular complexity index is 353. The minimum absolute atomic E-state index is 0.254. The van der Waals surface area contributed by atoms with Crippen molar-refractivity contribution in [1.82, 2.24) is 4.90 Å². The van der Waals surface area contributed by atoms with Crippen LogP contribution in [0.15, 0.2) is 17.5 Å². The third kappa shape index (κ3) is 3.39. The van der Waals surface area contributed by atoms with Crippen molar-refractivity contribution in [3.05, 3.63) is 22.4 Å². The summed E-state index contributed by atoms with van der Waals surface area (Å²) in [5.74, 6) is 0.931. The molecule has 1 aromatic rings. The summed E-state index contributed by atoms with van der Waals surface area (Å²) in [6.45, 7) is 7.58. The maximum atomic E-state index is 6.19. The fourth-order valence-electron chi connectivity index (χ4n) is 3.48. The molecule has 0 atom stereocenters. The van der Waals surface area contributed by atoms with Crippen LogP contribution in [0.3, 0.4) is 0 Å². The van der Waals surface area contributed by atoms with Crippen LogP contribution in [-0.4, -0.2) is 23.5 Å². The topological polar surface area (TPSA) is 29.3 Å². The minimum atomic E-state index is 0.254. The van der Waals surface area contributed by atoms with Crippen molar-refractivity contribution in [3.63, 3.8) is 0 Å². The largest absolute Gasteiger partial charge is 0.329 e. The molecule has 1 aromatic heterocycles. The third-order valence-electron chi connectivity index (χ3n) is 4.97. The number of thiophene rings is 1. The van der Waals surface area contributed by atoms with Gasteiger partial charge in [0.25, 0.3) is 0 Å². The van der Waals surface area contributed by atoms with Gasteiger partial charge in [-0.2, -0.15) is 0 Å². The van der Waals surface area contributed by atoms with Crippen molar-refractivity contribution in [3.8, 4) is 0 Å². The molecule has 108 valence electrons. The molecule has 3 heteroatoms. The summed E-state index contributed by atoms with van der Waals surface area (Å²) in [5, 5.41) is 2.17. The molecular formula is C16H28N2S. The predicted molar refractivity (Wildman–Crippen MR) is 84.4 cm³/mol.